The summed E-state index contributed by atoms with van der Waals surface area (Å²) in [4.78, 5) is 39.9. The molecule has 0 saturated heterocycles. The molecule has 1 aliphatic carbocycles. The monoisotopic (exact) mass is 427 g/mol. The molecule has 2 aliphatic rings. The van der Waals surface area contributed by atoms with Gasteiger partial charge in [0.2, 0.25) is 5.91 Å². The molecule has 2 aromatic rings. The average molecular weight is 427 g/mol. The van der Waals surface area contributed by atoms with Gasteiger partial charge in [-0.1, -0.05) is 25.0 Å². The Kier molecular flexibility index (Phi) is 5.51. The lowest BCUT2D eigenvalue weighted by Gasteiger charge is -2.40. The number of nitrogens with one attached hydrogen (secondary N) is 2. The second-order valence-electron chi connectivity index (χ2n) is 8.47. The van der Waals surface area contributed by atoms with Crippen LogP contribution in [0.25, 0.3) is 0 Å². The van der Waals surface area contributed by atoms with Crippen molar-refractivity contribution in [3.63, 3.8) is 0 Å². The summed E-state index contributed by atoms with van der Waals surface area (Å²) in [7, 11) is 1.56. The Morgan fingerprint density at radius 2 is 1.90 bits per heavy atom. The third kappa shape index (κ3) is 4.04. The molecule has 1 unspecified atom stereocenters. The zero-order valence-corrected chi connectivity index (χ0v) is 17.7. The number of halogens is 1. The summed E-state index contributed by atoms with van der Waals surface area (Å²) < 4.78 is 14.5. The Hall–Kier alpha value is -3.23. The number of likely N-dealkylation sites (N-methyl/N-ethyl adjacent to an activating group) is 1. The Labute approximate surface area is 179 Å². The highest BCUT2D eigenvalue weighted by molar-refractivity contribution is 6.01. The van der Waals surface area contributed by atoms with Crippen molar-refractivity contribution in [2.24, 2.45) is 0 Å². The molecular formula is C22H26FN5O3. The van der Waals surface area contributed by atoms with E-state index < -0.39 is 5.54 Å². The van der Waals surface area contributed by atoms with Crippen LogP contribution in [0.1, 0.15) is 59.1 Å². The van der Waals surface area contributed by atoms with E-state index in [1.165, 1.54) is 27.8 Å². The minimum absolute atomic E-state index is 0.122. The number of fused-ring (bicyclic) bond motifs is 1. The first-order valence-electron chi connectivity index (χ1n) is 10.5. The molecule has 31 heavy (non-hydrogen) atoms. The minimum Gasteiger partial charge on any atom is -0.350 e. The molecule has 8 nitrogen and oxygen atoms in total. The molecule has 1 aromatic carbocycles. The highest BCUT2D eigenvalue weighted by Crippen LogP contribution is 2.26. The van der Waals surface area contributed by atoms with Crippen LogP contribution < -0.4 is 10.6 Å². The largest absolute Gasteiger partial charge is 0.350 e. The van der Waals surface area contributed by atoms with E-state index in [-0.39, 0.29) is 54.1 Å². The maximum atomic E-state index is 13.1. The molecule has 164 valence electrons. The lowest BCUT2D eigenvalue weighted by atomic mass is 9.96. The zero-order chi connectivity index (χ0) is 22.2. The van der Waals surface area contributed by atoms with Gasteiger partial charge in [0.25, 0.3) is 11.8 Å². The third-order valence-corrected chi connectivity index (χ3v) is 6.28. The van der Waals surface area contributed by atoms with Crippen LogP contribution in [-0.4, -0.2) is 51.0 Å². The van der Waals surface area contributed by atoms with Crippen molar-refractivity contribution >= 4 is 17.7 Å². The summed E-state index contributed by atoms with van der Waals surface area (Å²) in [6.45, 7) is 1.99. The number of rotatable bonds is 5. The second kappa shape index (κ2) is 8.13. The van der Waals surface area contributed by atoms with Gasteiger partial charge in [0.1, 0.15) is 17.1 Å². The standard InChI is InChI=1S/C22H26FN5O3/c1-22(21(31)24-12-14-7-9-15(23)10-8-14)13-28-18(20(30)27(22)2)11-17(26-28)19(29)25-16-5-3-4-6-16/h7-11,16H,3-6,12-13H2,1-2H3,(H,24,31)(H,25,29). The molecule has 1 aromatic heterocycles. The Bertz CT molecular complexity index is 1010. The maximum Gasteiger partial charge on any atom is 0.272 e. The molecule has 0 spiro atoms. The molecule has 2 heterocycles. The number of hydrogen-bond acceptors (Lipinski definition) is 4. The highest BCUT2D eigenvalue weighted by Gasteiger charge is 2.46. The van der Waals surface area contributed by atoms with Crippen LogP contribution >= 0.6 is 0 Å². The van der Waals surface area contributed by atoms with Crippen LogP contribution in [0.3, 0.4) is 0 Å². The van der Waals surface area contributed by atoms with E-state index in [0.717, 1.165) is 31.2 Å². The van der Waals surface area contributed by atoms with E-state index in [0.29, 0.717) is 0 Å². The molecule has 1 aliphatic heterocycles. The Morgan fingerprint density at radius 3 is 2.58 bits per heavy atom. The predicted molar refractivity (Wildman–Crippen MR) is 111 cm³/mol. The number of aromatic nitrogens is 2. The molecule has 9 heteroatoms. The molecule has 3 amide bonds. The number of carbonyl (C=O) groups excluding carboxylic acids is 3. The third-order valence-electron chi connectivity index (χ3n) is 6.28. The SMILES string of the molecule is CN1C(=O)c2cc(C(=O)NC3CCCC3)nn2CC1(C)C(=O)NCc1ccc(F)cc1. The van der Waals surface area contributed by atoms with Crippen LogP contribution in [-0.2, 0) is 17.9 Å². The van der Waals surface area contributed by atoms with E-state index in [2.05, 4.69) is 15.7 Å². The van der Waals surface area contributed by atoms with E-state index in [9.17, 15) is 18.8 Å². The van der Waals surface area contributed by atoms with Crippen molar-refractivity contribution in [2.45, 2.75) is 57.3 Å². The fourth-order valence-corrected chi connectivity index (χ4v) is 4.14. The summed E-state index contributed by atoms with van der Waals surface area (Å²) >= 11 is 0. The topological polar surface area (TPSA) is 96.3 Å². The first-order chi connectivity index (χ1) is 14.8. The van der Waals surface area contributed by atoms with Crippen LogP contribution in [0.2, 0.25) is 0 Å². The van der Waals surface area contributed by atoms with Crippen molar-refractivity contribution < 1.29 is 18.8 Å². The summed E-state index contributed by atoms with van der Waals surface area (Å²) in [5, 5.41) is 10.1. The second-order valence-corrected chi connectivity index (χ2v) is 8.47. The van der Waals surface area contributed by atoms with Gasteiger partial charge in [-0.2, -0.15) is 5.10 Å². The molecule has 1 fully saturated rings. The van der Waals surface area contributed by atoms with Gasteiger partial charge in [-0.3, -0.25) is 19.1 Å². The number of amides is 3. The van der Waals surface area contributed by atoms with Gasteiger partial charge in [-0.15, -0.1) is 0 Å². The molecule has 0 bridgehead atoms. The van der Waals surface area contributed by atoms with Gasteiger partial charge < -0.3 is 15.5 Å². The van der Waals surface area contributed by atoms with Crippen LogP contribution in [0.5, 0.6) is 0 Å². The van der Waals surface area contributed by atoms with Gasteiger partial charge in [0, 0.05) is 25.7 Å². The smallest absolute Gasteiger partial charge is 0.272 e. The minimum atomic E-state index is -1.19. The van der Waals surface area contributed by atoms with Crippen LogP contribution in [0, 0.1) is 5.82 Å². The first kappa shape index (κ1) is 21.0. The Morgan fingerprint density at radius 1 is 1.23 bits per heavy atom. The van der Waals surface area contributed by atoms with Crippen molar-refractivity contribution in [3.05, 3.63) is 53.1 Å². The first-order valence-corrected chi connectivity index (χ1v) is 10.5. The number of hydrogen-bond donors (Lipinski definition) is 2. The Balaban J connectivity index is 1.49. The highest BCUT2D eigenvalue weighted by atomic mass is 19.1. The van der Waals surface area contributed by atoms with E-state index >= 15 is 0 Å². The van der Waals surface area contributed by atoms with Crippen molar-refractivity contribution in [2.75, 3.05) is 7.05 Å². The van der Waals surface area contributed by atoms with Crippen LogP contribution in [0.15, 0.2) is 30.3 Å². The molecule has 1 atom stereocenters. The number of benzene rings is 1. The fourth-order valence-electron chi connectivity index (χ4n) is 4.14. The summed E-state index contributed by atoms with van der Waals surface area (Å²) in [6, 6.07) is 7.47. The molecule has 2 N–H and O–H groups in total. The fraction of sp³-hybridized carbons (Fsp3) is 0.455. The quantitative estimate of drug-likeness (QED) is 0.761. The van der Waals surface area contributed by atoms with Crippen molar-refractivity contribution in [1.82, 2.24) is 25.3 Å². The van der Waals surface area contributed by atoms with Crippen LogP contribution in [0.4, 0.5) is 4.39 Å². The van der Waals surface area contributed by atoms with Gasteiger partial charge in [0.15, 0.2) is 5.69 Å². The lowest BCUT2D eigenvalue weighted by molar-refractivity contribution is -0.132. The van der Waals surface area contributed by atoms with Gasteiger partial charge in [-0.05, 0) is 37.5 Å². The molecule has 0 radical (unpaired) electrons. The summed E-state index contributed by atoms with van der Waals surface area (Å²) in [6.07, 6.45) is 4.10. The van der Waals surface area contributed by atoms with Gasteiger partial charge >= 0.3 is 0 Å². The lowest BCUT2D eigenvalue weighted by Crippen LogP contribution is -2.62. The summed E-state index contributed by atoms with van der Waals surface area (Å²) in [5.41, 5.74) is 0.0197. The molecule has 4 rings (SSSR count). The zero-order valence-electron chi connectivity index (χ0n) is 17.7. The molecule has 1 saturated carbocycles. The molecular weight excluding hydrogens is 401 g/mol. The summed E-state index contributed by atoms with van der Waals surface area (Å²) in [5.74, 6) is -1.38. The number of nitrogens with zero attached hydrogens (tertiary/aromatic N) is 3. The van der Waals surface area contributed by atoms with Crippen molar-refractivity contribution in [1.29, 1.82) is 0 Å². The predicted octanol–water partition coefficient (Wildman–Crippen LogP) is 1.86. The normalized spacial score (nSPS) is 21.1. The van der Waals surface area contributed by atoms with Gasteiger partial charge in [0.05, 0.1) is 6.54 Å². The number of carbonyl (C=O) groups is 3. The van der Waals surface area contributed by atoms with Crippen molar-refractivity contribution in [3.8, 4) is 0 Å². The van der Waals surface area contributed by atoms with Gasteiger partial charge in [-0.25, -0.2) is 4.39 Å². The van der Waals surface area contributed by atoms with E-state index in [1.807, 2.05) is 0 Å². The van der Waals surface area contributed by atoms with E-state index in [1.54, 1.807) is 26.1 Å². The van der Waals surface area contributed by atoms with E-state index in [4.69, 9.17) is 0 Å². The maximum absolute atomic E-state index is 13.1. The average Bonchev–Trinajstić information content (AvgIpc) is 3.41.